The molecule has 0 amide bonds. The molecule has 10 nitrogen and oxygen atoms in total. The molecule has 18 aromatic rings. The third-order valence-electron chi connectivity index (χ3n) is 21.4. The van der Waals surface area contributed by atoms with Crippen LogP contribution in [-0.4, -0.2) is 39.9 Å². The van der Waals surface area contributed by atoms with Crippen LogP contribution in [0.5, 0.6) is 0 Å². The van der Waals surface area contributed by atoms with Crippen LogP contribution >= 0.6 is 0 Å². The van der Waals surface area contributed by atoms with E-state index in [1.165, 1.54) is 11.1 Å². The van der Waals surface area contributed by atoms with Gasteiger partial charge in [-0.15, -0.1) is 0 Å². The molecule has 0 unspecified atom stereocenters. The fraction of sp³-hybridized carbons (Fsp3) is 0.0108. The molecule has 0 saturated heterocycles. The van der Waals surface area contributed by atoms with E-state index in [9.17, 15) is 0 Å². The van der Waals surface area contributed by atoms with E-state index >= 15 is 0 Å². The number of aromatic nitrogens is 8. The third kappa shape index (κ3) is 8.43. The third-order valence-corrected chi connectivity index (χ3v) is 21.4. The van der Waals surface area contributed by atoms with Crippen LogP contribution in [-0.2, 0) is 5.41 Å². The minimum Gasteiger partial charge on any atom is -0.278 e. The van der Waals surface area contributed by atoms with Gasteiger partial charge in [0.2, 0.25) is 11.9 Å². The first-order valence-electron chi connectivity index (χ1n) is 34.8. The van der Waals surface area contributed by atoms with Crippen molar-refractivity contribution >= 4 is 78.0 Å². The van der Waals surface area contributed by atoms with Crippen molar-refractivity contribution in [2.75, 3.05) is 9.80 Å². The van der Waals surface area contributed by atoms with Gasteiger partial charge in [0.25, 0.3) is 0 Å². The van der Waals surface area contributed by atoms with Gasteiger partial charge in [-0.25, -0.2) is 19.9 Å². The maximum absolute atomic E-state index is 5.69. The first kappa shape index (κ1) is 57.0. The second-order valence-electron chi connectivity index (χ2n) is 26.9. The van der Waals surface area contributed by atoms with Gasteiger partial charge >= 0.3 is 0 Å². The van der Waals surface area contributed by atoms with Gasteiger partial charge < -0.3 is 0 Å². The Morgan fingerprint density at radius 2 is 0.534 bits per heavy atom. The maximum Gasteiger partial charge on any atom is 0.238 e. The Morgan fingerprint density at radius 3 is 0.990 bits per heavy atom. The number of anilines is 6. The van der Waals surface area contributed by atoms with Crippen LogP contribution in [0.15, 0.2) is 328 Å². The van der Waals surface area contributed by atoms with Gasteiger partial charge in [-0.3, -0.25) is 9.80 Å². The van der Waals surface area contributed by atoms with Crippen molar-refractivity contribution < 1.29 is 0 Å². The van der Waals surface area contributed by atoms with Gasteiger partial charge in [0, 0.05) is 54.9 Å². The lowest BCUT2D eigenvalue weighted by molar-refractivity contribution is 0.794. The smallest absolute Gasteiger partial charge is 0.238 e. The van der Waals surface area contributed by atoms with Gasteiger partial charge in [-0.05, 0) is 138 Å². The Morgan fingerprint density at radius 1 is 0.204 bits per heavy atom. The van der Waals surface area contributed by atoms with Crippen molar-refractivity contribution in [3.05, 3.63) is 350 Å². The summed E-state index contributed by atoms with van der Waals surface area (Å²) in [7, 11) is 0. The Labute approximate surface area is 592 Å². The summed E-state index contributed by atoms with van der Waals surface area (Å²) in [4.78, 5) is 48.9. The molecule has 0 fully saturated rings. The van der Waals surface area contributed by atoms with Crippen LogP contribution in [0.3, 0.4) is 0 Å². The molecule has 10 heteroatoms. The standard InChI is InChI=1S/C93H54N10/c1-3-23-55(24-4-1)57-27-19-29-59(51-57)87-96-89(100-91(98-87)102-79-43-17-11-35-71(79)85-83-69(37-21-45-81(83)102)67-33-9-15-41-77(67)94-85)61-47-49-65-63-31-7-13-39-73(63)93(75(65)53-61)74-40-14-8-32-64(74)66-50-48-62(54-76(66)93)90-97-88(60-30-20-28-58(52-60)56-25-5-2-6-26-56)99-92(101-90)103-80-44-18-12-36-72(80)86-84-70(38-22-46-82(84)103)68-34-10-16-42-78(68)95-86/h1-54H. The number of benzene rings is 14. The minimum absolute atomic E-state index is 0.491. The predicted octanol–water partition coefficient (Wildman–Crippen LogP) is 22.7. The summed E-state index contributed by atoms with van der Waals surface area (Å²) in [5.74, 6) is 3.15. The fourth-order valence-corrected chi connectivity index (χ4v) is 17.0. The summed E-state index contributed by atoms with van der Waals surface area (Å²) in [5, 5.41) is 6.47. The van der Waals surface area contributed by atoms with Crippen molar-refractivity contribution in [2.24, 2.45) is 0 Å². The summed E-state index contributed by atoms with van der Waals surface area (Å²) in [6.07, 6.45) is 0. The number of rotatable bonds is 8. The highest BCUT2D eigenvalue weighted by Crippen LogP contribution is 2.64. The SMILES string of the molecule is c1ccc(-c2cccc(-c3nc(-c4ccc5c(c4)C4(c6ccccc6-5)c5ccccc5-c5ccc(-c6nc(-c7cccc(-c8ccccc8)c7)nc(N7c8ccccc8-c8nc9ccccc9c9cccc7c89)n6)cc54)nc(N4c5ccccc5-c5nc6ccccc6c6cccc4c56)n3)c2)cc1. The number of fused-ring (bicyclic) bond motifs is 18. The molecular weight excluding hydrogens is 1260 g/mol. The van der Waals surface area contributed by atoms with E-state index in [2.05, 4.69) is 337 Å². The summed E-state index contributed by atoms with van der Waals surface area (Å²) in [6, 6.07) is 116. The highest BCUT2D eigenvalue weighted by atomic mass is 15.3. The summed E-state index contributed by atoms with van der Waals surface area (Å²) < 4.78 is 0. The highest BCUT2D eigenvalue weighted by molar-refractivity contribution is 6.21. The molecule has 4 aromatic heterocycles. The summed E-state index contributed by atoms with van der Waals surface area (Å²) in [5.41, 5.74) is 25.6. The van der Waals surface area contributed by atoms with Gasteiger partial charge in [-0.2, -0.15) is 19.9 Å². The molecule has 0 bridgehead atoms. The van der Waals surface area contributed by atoms with Gasteiger partial charge in [-0.1, -0.05) is 267 Å². The zero-order chi connectivity index (χ0) is 67.4. The quantitative estimate of drug-likeness (QED) is 0.136. The lowest BCUT2D eigenvalue weighted by Gasteiger charge is -2.32. The Bertz CT molecular complexity index is 6270. The van der Waals surface area contributed by atoms with Crippen molar-refractivity contribution in [3.63, 3.8) is 0 Å². The first-order valence-corrected chi connectivity index (χ1v) is 34.8. The van der Waals surface area contributed by atoms with Crippen molar-refractivity contribution in [1.82, 2.24) is 39.9 Å². The molecule has 4 aliphatic rings. The molecular formula is C93H54N10. The largest absolute Gasteiger partial charge is 0.278 e. The topological polar surface area (TPSA) is 110 Å². The molecule has 2 aliphatic carbocycles. The van der Waals surface area contributed by atoms with Crippen LogP contribution < -0.4 is 9.80 Å². The Kier molecular flexibility index (Phi) is 12.2. The normalized spacial score (nSPS) is 13.1. The number of pyridine rings is 2. The molecule has 103 heavy (non-hydrogen) atoms. The molecule has 2 aliphatic heterocycles. The van der Waals surface area contributed by atoms with Crippen molar-refractivity contribution in [2.45, 2.75) is 5.41 Å². The molecule has 0 atom stereocenters. The molecule has 476 valence electrons. The van der Waals surface area contributed by atoms with Crippen LogP contribution in [0.25, 0.3) is 156 Å². The van der Waals surface area contributed by atoms with Gasteiger partial charge in [0.05, 0.1) is 50.6 Å². The molecule has 6 heterocycles. The molecule has 22 rings (SSSR count). The van der Waals surface area contributed by atoms with E-state index in [1.54, 1.807) is 0 Å². The van der Waals surface area contributed by atoms with Crippen molar-refractivity contribution in [3.8, 4) is 113 Å². The number of nitrogens with zero attached hydrogens (tertiary/aromatic N) is 10. The van der Waals surface area contributed by atoms with E-state index in [0.29, 0.717) is 35.2 Å². The summed E-state index contributed by atoms with van der Waals surface area (Å²) >= 11 is 0. The molecule has 1 spiro atoms. The fourth-order valence-electron chi connectivity index (χ4n) is 17.0. The number of hydrogen-bond acceptors (Lipinski definition) is 10. The summed E-state index contributed by atoms with van der Waals surface area (Å²) in [6.45, 7) is 0. The molecule has 0 radical (unpaired) electrons. The highest BCUT2D eigenvalue weighted by Gasteiger charge is 2.52. The monoisotopic (exact) mass is 1310 g/mol. The van der Waals surface area contributed by atoms with E-state index < -0.39 is 5.41 Å². The number of hydrogen-bond donors (Lipinski definition) is 0. The van der Waals surface area contributed by atoms with E-state index in [-0.39, 0.29) is 0 Å². The average molecular weight is 1310 g/mol. The molecule has 0 N–H and O–H groups in total. The average Bonchev–Trinajstić information content (AvgIpc) is 1.51. The molecule has 14 aromatic carbocycles. The van der Waals surface area contributed by atoms with Crippen LogP contribution in [0, 0.1) is 0 Å². The van der Waals surface area contributed by atoms with E-state index in [4.69, 9.17) is 39.9 Å². The van der Waals surface area contributed by atoms with Crippen molar-refractivity contribution in [1.29, 1.82) is 0 Å². The molecule has 0 saturated carbocycles. The lowest BCUT2D eigenvalue weighted by Crippen LogP contribution is -2.26. The Balaban J connectivity index is 0.760. The first-order chi connectivity index (χ1) is 51.1. The van der Waals surface area contributed by atoms with Crippen LogP contribution in [0.1, 0.15) is 22.3 Å². The minimum atomic E-state index is -0.822. The second kappa shape index (κ2) is 22.0. The maximum atomic E-state index is 5.69. The second-order valence-corrected chi connectivity index (χ2v) is 26.9. The van der Waals surface area contributed by atoms with E-state index in [1.807, 2.05) is 0 Å². The lowest BCUT2D eigenvalue weighted by atomic mass is 9.70. The van der Waals surface area contributed by atoms with Gasteiger partial charge in [0.15, 0.2) is 23.3 Å². The predicted molar refractivity (Wildman–Crippen MR) is 415 cm³/mol. The van der Waals surface area contributed by atoms with Gasteiger partial charge in [0.1, 0.15) is 0 Å². The number of para-hydroxylation sites is 4. The van der Waals surface area contributed by atoms with Crippen LogP contribution in [0.2, 0.25) is 0 Å². The zero-order valence-corrected chi connectivity index (χ0v) is 55.1. The van der Waals surface area contributed by atoms with E-state index in [0.717, 1.165) is 167 Å². The van der Waals surface area contributed by atoms with Crippen LogP contribution in [0.4, 0.5) is 34.6 Å². The zero-order valence-electron chi connectivity index (χ0n) is 55.1. The Hall–Kier alpha value is -14.0.